The lowest BCUT2D eigenvalue weighted by atomic mass is 9.79. The molecule has 0 heterocycles. The van der Waals surface area contributed by atoms with E-state index in [2.05, 4.69) is 0 Å². The first-order valence-electron chi connectivity index (χ1n) is 6.19. The van der Waals surface area contributed by atoms with E-state index >= 15 is 0 Å². The van der Waals surface area contributed by atoms with Crippen LogP contribution in [0.3, 0.4) is 0 Å². The van der Waals surface area contributed by atoms with Gasteiger partial charge in [0.25, 0.3) is 0 Å². The Bertz CT molecular complexity index is 375. The number of carboxylic acid groups (broad SMARTS) is 1. The van der Waals surface area contributed by atoms with Gasteiger partial charge in [0.05, 0.1) is 12.5 Å². The Kier molecular flexibility index (Phi) is 4.33. The van der Waals surface area contributed by atoms with E-state index < -0.39 is 17.3 Å². The van der Waals surface area contributed by atoms with E-state index in [1.807, 2.05) is 6.07 Å². The molecule has 0 saturated heterocycles. The van der Waals surface area contributed by atoms with Crippen LogP contribution in [-0.4, -0.2) is 34.5 Å². The van der Waals surface area contributed by atoms with Gasteiger partial charge in [0.2, 0.25) is 5.91 Å². The Hall–Kier alpha value is -1.57. The smallest absolute Gasteiger partial charge is 0.316 e. The molecule has 1 aliphatic rings. The second-order valence-electron chi connectivity index (χ2n) is 5.81. The molecule has 0 aromatic carbocycles. The molecule has 1 saturated carbocycles. The number of carbonyl (C=O) groups is 2. The van der Waals surface area contributed by atoms with Gasteiger partial charge in [-0.25, -0.2) is 0 Å². The standard InChI is InChI=1S/C13H20N2O3/c1-13(2,3)10(12(17)18)11(16)15(8-4-7-14)9-5-6-9/h9-10H,4-6,8H2,1-3H3,(H,17,18). The van der Waals surface area contributed by atoms with Crippen LogP contribution in [0.2, 0.25) is 0 Å². The van der Waals surface area contributed by atoms with Crippen LogP contribution in [0.1, 0.15) is 40.0 Å². The summed E-state index contributed by atoms with van der Waals surface area (Å²) in [6.07, 6.45) is 2.07. The van der Waals surface area contributed by atoms with E-state index in [9.17, 15) is 14.7 Å². The first kappa shape index (κ1) is 14.5. The second-order valence-corrected chi connectivity index (χ2v) is 5.81. The normalized spacial score (nSPS) is 16.8. The van der Waals surface area contributed by atoms with Gasteiger partial charge >= 0.3 is 5.97 Å². The van der Waals surface area contributed by atoms with Crippen LogP contribution in [0.25, 0.3) is 0 Å². The molecule has 1 rings (SSSR count). The molecule has 1 unspecified atom stereocenters. The molecule has 1 fully saturated rings. The second kappa shape index (κ2) is 5.38. The van der Waals surface area contributed by atoms with Crippen molar-refractivity contribution in [2.45, 2.75) is 46.1 Å². The average Bonchev–Trinajstić information content (AvgIpc) is 2.99. The first-order valence-corrected chi connectivity index (χ1v) is 6.19. The topological polar surface area (TPSA) is 81.4 Å². The van der Waals surface area contributed by atoms with Crippen LogP contribution in [-0.2, 0) is 9.59 Å². The van der Waals surface area contributed by atoms with Gasteiger partial charge in [0, 0.05) is 12.6 Å². The number of aliphatic carboxylic acids is 1. The number of amides is 1. The molecule has 100 valence electrons. The Labute approximate surface area is 107 Å². The zero-order valence-electron chi connectivity index (χ0n) is 11.1. The molecule has 1 atom stereocenters. The summed E-state index contributed by atoms with van der Waals surface area (Å²) in [4.78, 5) is 25.2. The summed E-state index contributed by atoms with van der Waals surface area (Å²) in [5.41, 5.74) is -0.622. The van der Waals surface area contributed by atoms with Crippen LogP contribution in [0.4, 0.5) is 0 Å². The summed E-state index contributed by atoms with van der Waals surface area (Å²) in [5.74, 6) is -2.49. The van der Waals surface area contributed by atoms with Gasteiger partial charge in [0.15, 0.2) is 0 Å². The molecule has 0 aromatic heterocycles. The summed E-state index contributed by atoms with van der Waals surface area (Å²) in [5, 5.41) is 17.8. The average molecular weight is 252 g/mol. The summed E-state index contributed by atoms with van der Waals surface area (Å²) in [6, 6.07) is 2.14. The molecule has 1 N–H and O–H groups in total. The van der Waals surface area contributed by atoms with E-state index in [1.165, 1.54) is 0 Å². The molecule has 0 bridgehead atoms. The molecule has 0 aliphatic heterocycles. The van der Waals surface area contributed by atoms with E-state index in [4.69, 9.17) is 5.26 Å². The first-order chi connectivity index (χ1) is 8.29. The van der Waals surface area contributed by atoms with Gasteiger partial charge in [0.1, 0.15) is 5.92 Å². The lowest BCUT2D eigenvalue weighted by Gasteiger charge is -2.31. The van der Waals surface area contributed by atoms with E-state index in [1.54, 1.807) is 25.7 Å². The van der Waals surface area contributed by atoms with Gasteiger partial charge in [-0.1, -0.05) is 20.8 Å². The summed E-state index contributed by atoms with van der Waals surface area (Å²) >= 11 is 0. The van der Waals surface area contributed by atoms with Crippen molar-refractivity contribution < 1.29 is 14.7 Å². The Balaban J connectivity index is 2.86. The Morgan fingerprint density at radius 3 is 2.33 bits per heavy atom. The van der Waals surface area contributed by atoms with Gasteiger partial charge < -0.3 is 10.0 Å². The largest absolute Gasteiger partial charge is 0.481 e. The summed E-state index contributed by atoms with van der Waals surface area (Å²) in [6.45, 7) is 5.58. The molecule has 5 heteroatoms. The Morgan fingerprint density at radius 1 is 1.44 bits per heavy atom. The van der Waals surface area contributed by atoms with Crippen molar-refractivity contribution in [3.63, 3.8) is 0 Å². The van der Waals surface area contributed by atoms with Gasteiger partial charge in [-0.15, -0.1) is 0 Å². The lowest BCUT2D eigenvalue weighted by Crippen LogP contribution is -2.46. The SMILES string of the molecule is CC(C)(C)C(C(=O)O)C(=O)N(CCC#N)C1CC1. The number of nitriles is 1. The van der Waals surface area contributed by atoms with Crippen LogP contribution in [0.15, 0.2) is 0 Å². The molecule has 18 heavy (non-hydrogen) atoms. The highest BCUT2D eigenvalue weighted by Gasteiger charge is 2.43. The van der Waals surface area contributed by atoms with Crippen LogP contribution in [0.5, 0.6) is 0 Å². The van der Waals surface area contributed by atoms with Crippen molar-refractivity contribution in [1.82, 2.24) is 4.90 Å². The number of hydrogen-bond acceptors (Lipinski definition) is 3. The fourth-order valence-corrected chi connectivity index (χ4v) is 2.04. The van der Waals surface area contributed by atoms with Crippen LogP contribution < -0.4 is 0 Å². The molecule has 1 aliphatic carbocycles. The van der Waals surface area contributed by atoms with Crippen LogP contribution >= 0.6 is 0 Å². The van der Waals surface area contributed by atoms with Crippen molar-refractivity contribution in [2.24, 2.45) is 11.3 Å². The Morgan fingerprint density at radius 2 is 2.00 bits per heavy atom. The minimum atomic E-state index is -1.09. The predicted molar refractivity (Wildman–Crippen MR) is 65.5 cm³/mol. The highest BCUT2D eigenvalue weighted by atomic mass is 16.4. The number of nitrogens with zero attached hydrogens (tertiary/aromatic N) is 2. The minimum Gasteiger partial charge on any atom is -0.481 e. The third kappa shape index (κ3) is 3.46. The van der Waals surface area contributed by atoms with E-state index in [-0.39, 0.29) is 18.4 Å². The van der Waals surface area contributed by atoms with Gasteiger partial charge in [-0.05, 0) is 18.3 Å². The lowest BCUT2D eigenvalue weighted by molar-refractivity contribution is -0.156. The zero-order chi connectivity index (χ0) is 13.9. The number of carboxylic acids is 1. The van der Waals surface area contributed by atoms with E-state index in [0.717, 1.165) is 12.8 Å². The highest BCUT2D eigenvalue weighted by molar-refractivity contribution is 5.98. The third-order valence-electron chi connectivity index (χ3n) is 3.10. The molecular formula is C13H20N2O3. The van der Waals surface area contributed by atoms with Crippen molar-refractivity contribution >= 4 is 11.9 Å². The fourth-order valence-electron chi connectivity index (χ4n) is 2.04. The van der Waals surface area contributed by atoms with Crippen molar-refractivity contribution in [1.29, 1.82) is 5.26 Å². The molecule has 0 radical (unpaired) electrons. The monoisotopic (exact) mass is 252 g/mol. The predicted octanol–water partition coefficient (Wildman–Crippen LogP) is 1.64. The van der Waals surface area contributed by atoms with Crippen molar-refractivity contribution in [3.8, 4) is 6.07 Å². The zero-order valence-corrected chi connectivity index (χ0v) is 11.1. The van der Waals surface area contributed by atoms with Crippen molar-refractivity contribution in [2.75, 3.05) is 6.54 Å². The fraction of sp³-hybridized carbons (Fsp3) is 0.769. The maximum atomic E-state index is 12.4. The minimum absolute atomic E-state index is 0.134. The third-order valence-corrected chi connectivity index (χ3v) is 3.10. The van der Waals surface area contributed by atoms with Gasteiger partial charge in [-0.2, -0.15) is 5.26 Å². The number of carbonyl (C=O) groups excluding carboxylic acids is 1. The highest BCUT2D eigenvalue weighted by Crippen LogP contribution is 2.33. The molecular weight excluding hydrogens is 232 g/mol. The summed E-state index contributed by atoms with van der Waals surface area (Å²) in [7, 11) is 0. The summed E-state index contributed by atoms with van der Waals surface area (Å²) < 4.78 is 0. The van der Waals surface area contributed by atoms with Crippen molar-refractivity contribution in [3.05, 3.63) is 0 Å². The molecule has 5 nitrogen and oxygen atoms in total. The van der Waals surface area contributed by atoms with Gasteiger partial charge in [-0.3, -0.25) is 9.59 Å². The van der Waals surface area contributed by atoms with Crippen LogP contribution in [0, 0.1) is 22.7 Å². The maximum absolute atomic E-state index is 12.4. The molecule has 0 aromatic rings. The molecule has 1 amide bonds. The number of rotatable bonds is 5. The number of hydrogen-bond donors (Lipinski definition) is 1. The molecule has 0 spiro atoms. The van der Waals surface area contributed by atoms with E-state index in [0.29, 0.717) is 6.54 Å². The maximum Gasteiger partial charge on any atom is 0.316 e. The quantitative estimate of drug-likeness (QED) is 0.754.